The molecular weight excluding hydrogens is 369 g/mol. The smallest absolute Gasteiger partial charge is 0.471 e. The van der Waals surface area contributed by atoms with E-state index < -0.39 is 42.1 Å². The SMILES string of the molecule is C[C@@H](OC1CC1)[C@H](NC(=O)C(F)(F)F)C(=O)N1CC2[C@@H]([C@H]1C(=O)O)C2(C)C. The lowest BCUT2D eigenvalue weighted by Gasteiger charge is -2.33. The van der Waals surface area contributed by atoms with Gasteiger partial charge in [-0.2, -0.15) is 13.2 Å². The van der Waals surface area contributed by atoms with Crippen LogP contribution in [0.2, 0.25) is 0 Å². The van der Waals surface area contributed by atoms with Gasteiger partial charge in [-0.15, -0.1) is 0 Å². The first kappa shape index (κ1) is 19.9. The summed E-state index contributed by atoms with van der Waals surface area (Å²) in [4.78, 5) is 37.1. The number of carbonyl (C=O) groups excluding carboxylic acids is 2. The van der Waals surface area contributed by atoms with Crippen LogP contribution in [0.15, 0.2) is 0 Å². The van der Waals surface area contributed by atoms with E-state index in [2.05, 4.69) is 0 Å². The molecule has 2 saturated carbocycles. The minimum Gasteiger partial charge on any atom is -0.480 e. The van der Waals surface area contributed by atoms with Crippen LogP contribution in [0.5, 0.6) is 0 Å². The lowest BCUT2D eigenvalue weighted by molar-refractivity contribution is -0.176. The first-order valence-corrected chi connectivity index (χ1v) is 8.92. The molecule has 5 atom stereocenters. The number of hydrogen-bond acceptors (Lipinski definition) is 4. The van der Waals surface area contributed by atoms with Crippen molar-refractivity contribution in [3.05, 3.63) is 0 Å². The van der Waals surface area contributed by atoms with Gasteiger partial charge in [0.25, 0.3) is 0 Å². The molecule has 0 aromatic carbocycles. The van der Waals surface area contributed by atoms with Gasteiger partial charge in [0.1, 0.15) is 12.1 Å². The molecule has 0 radical (unpaired) electrons. The molecule has 2 aliphatic carbocycles. The maximum atomic E-state index is 12.9. The highest BCUT2D eigenvalue weighted by Crippen LogP contribution is 2.64. The summed E-state index contributed by atoms with van der Waals surface area (Å²) in [5.74, 6) is -4.57. The molecule has 1 aliphatic heterocycles. The molecule has 1 unspecified atom stereocenters. The number of hydrogen-bond donors (Lipinski definition) is 2. The summed E-state index contributed by atoms with van der Waals surface area (Å²) in [6.07, 6.45) is -4.84. The van der Waals surface area contributed by atoms with E-state index >= 15 is 0 Å². The second-order valence-electron chi connectivity index (χ2n) is 8.22. The van der Waals surface area contributed by atoms with E-state index in [1.807, 2.05) is 13.8 Å². The molecule has 0 bridgehead atoms. The number of carbonyl (C=O) groups is 3. The van der Waals surface area contributed by atoms with Crippen molar-refractivity contribution < 1.29 is 37.4 Å². The zero-order valence-corrected chi connectivity index (χ0v) is 15.2. The van der Waals surface area contributed by atoms with Crippen LogP contribution in [0.4, 0.5) is 13.2 Å². The van der Waals surface area contributed by atoms with Gasteiger partial charge in [0, 0.05) is 12.5 Å². The molecular formula is C17H23F3N2O5. The molecule has 0 aromatic heterocycles. The van der Waals surface area contributed by atoms with Gasteiger partial charge in [0.2, 0.25) is 5.91 Å². The second kappa shape index (κ2) is 6.35. The Balaban J connectivity index is 1.79. The van der Waals surface area contributed by atoms with Gasteiger partial charge in [-0.25, -0.2) is 4.79 Å². The molecule has 1 saturated heterocycles. The van der Waals surface area contributed by atoms with Gasteiger partial charge >= 0.3 is 18.1 Å². The Hall–Kier alpha value is -1.84. The highest BCUT2D eigenvalue weighted by Gasteiger charge is 2.70. The summed E-state index contributed by atoms with van der Waals surface area (Å²) in [6.45, 7) is 5.36. The van der Waals surface area contributed by atoms with Crippen molar-refractivity contribution in [2.24, 2.45) is 17.3 Å². The molecule has 27 heavy (non-hydrogen) atoms. The number of nitrogens with zero attached hydrogens (tertiary/aromatic N) is 1. The van der Waals surface area contributed by atoms with Crippen LogP contribution in [0.1, 0.15) is 33.6 Å². The van der Waals surface area contributed by atoms with Gasteiger partial charge in [-0.05, 0) is 31.1 Å². The Morgan fingerprint density at radius 3 is 2.33 bits per heavy atom. The predicted octanol–water partition coefficient (Wildman–Crippen LogP) is 1.17. The molecule has 3 rings (SSSR count). The lowest BCUT2D eigenvalue weighted by atomic mass is 9.99. The minimum absolute atomic E-state index is 0.0267. The third kappa shape index (κ3) is 3.63. The molecule has 152 valence electrons. The van der Waals surface area contributed by atoms with E-state index in [0.29, 0.717) is 0 Å². The number of fused-ring (bicyclic) bond motifs is 1. The van der Waals surface area contributed by atoms with Crippen LogP contribution in [-0.4, -0.2) is 64.8 Å². The summed E-state index contributed by atoms with van der Waals surface area (Å²) in [5.41, 5.74) is -0.235. The van der Waals surface area contributed by atoms with Crippen molar-refractivity contribution in [2.75, 3.05) is 6.54 Å². The monoisotopic (exact) mass is 392 g/mol. The fraction of sp³-hybridized carbons (Fsp3) is 0.824. The van der Waals surface area contributed by atoms with Gasteiger partial charge in [0.05, 0.1) is 12.2 Å². The van der Waals surface area contributed by atoms with Gasteiger partial charge in [-0.3, -0.25) is 9.59 Å². The third-order valence-electron chi connectivity index (χ3n) is 5.96. The van der Waals surface area contributed by atoms with Crippen molar-refractivity contribution in [1.82, 2.24) is 10.2 Å². The largest absolute Gasteiger partial charge is 0.480 e. The zero-order valence-electron chi connectivity index (χ0n) is 15.2. The second-order valence-corrected chi connectivity index (χ2v) is 8.22. The Bertz CT molecular complexity index is 661. The summed E-state index contributed by atoms with van der Waals surface area (Å²) in [5, 5.41) is 11.3. The van der Waals surface area contributed by atoms with Gasteiger partial charge in [-0.1, -0.05) is 13.8 Å². The van der Waals surface area contributed by atoms with Gasteiger partial charge < -0.3 is 20.1 Å². The summed E-state index contributed by atoms with van der Waals surface area (Å²) < 4.78 is 43.6. The standard InChI is InChI=1S/C17H23F3N2O5/c1-7(27-8-4-5-8)11(21-15(26)17(18,19)20)13(23)22-6-9-10(16(9,2)3)12(22)14(24)25/h7-12H,4-6H2,1-3H3,(H,21,26)(H,24,25)/t7-,9?,10+,11+,12+/m1/s1. The van der Waals surface area contributed by atoms with E-state index in [1.54, 1.807) is 5.32 Å². The molecule has 2 N–H and O–H groups in total. The number of piperidine rings is 1. The van der Waals surface area contributed by atoms with E-state index in [4.69, 9.17) is 4.74 Å². The van der Waals surface area contributed by atoms with Crippen molar-refractivity contribution in [1.29, 1.82) is 0 Å². The number of halogens is 3. The Labute approximate surface area is 154 Å². The van der Waals surface area contributed by atoms with Crippen LogP contribution in [0, 0.1) is 17.3 Å². The fourth-order valence-electron chi connectivity index (χ4n) is 4.16. The van der Waals surface area contributed by atoms with Crippen LogP contribution in [0.3, 0.4) is 0 Å². The molecule has 3 aliphatic rings. The molecule has 0 aromatic rings. The number of nitrogens with one attached hydrogen (secondary N) is 1. The first-order valence-electron chi connectivity index (χ1n) is 8.92. The van der Waals surface area contributed by atoms with Crippen molar-refractivity contribution in [3.8, 4) is 0 Å². The normalized spacial score (nSPS) is 31.0. The number of aliphatic carboxylic acids is 1. The van der Waals surface area contributed by atoms with E-state index in [-0.39, 0.29) is 29.9 Å². The highest BCUT2D eigenvalue weighted by molar-refractivity contribution is 5.93. The van der Waals surface area contributed by atoms with Crippen LogP contribution in [0.25, 0.3) is 0 Å². The number of carboxylic acid groups (broad SMARTS) is 1. The first-order chi connectivity index (χ1) is 12.4. The van der Waals surface area contributed by atoms with Crippen molar-refractivity contribution in [3.63, 3.8) is 0 Å². The molecule has 3 fully saturated rings. The predicted molar refractivity (Wildman–Crippen MR) is 85.5 cm³/mol. The molecule has 2 amide bonds. The number of carboxylic acids is 1. The Morgan fingerprint density at radius 1 is 1.26 bits per heavy atom. The van der Waals surface area contributed by atoms with Crippen LogP contribution in [-0.2, 0) is 19.1 Å². The maximum absolute atomic E-state index is 12.9. The van der Waals surface area contributed by atoms with Crippen molar-refractivity contribution >= 4 is 17.8 Å². The third-order valence-corrected chi connectivity index (χ3v) is 5.96. The average Bonchev–Trinajstić information content (AvgIpc) is 3.37. The molecule has 7 nitrogen and oxygen atoms in total. The molecule has 0 spiro atoms. The van der Waals surface area contributed by atoms with Crippen LogP contribution < -0.4 is 5.32 Å². The number of amides is 2. The van der Waals surface area contributed by atoms with E-state index in [1.165, 1.54) is 6.92 Å². The van der Waals surface area contributed by atoms with Gasteiger partial charge in [0.15, 0.2) is 0 Å². The van der Waals surface area contributed by atoms with Crippen molar-refractivity contribution in [2.45, 2.75) is 64.1 Å². The number of likely N-dealkylation sites (tertiary alicyclic amines) is 1. The van der Waals surface area contributed by atoms with Crippen LogP contribution >= 0.6 is 0 Å². The maximum Gasteiger partial charge on any atom is 0.471 e. The number of rotatable bonds is 6. The fourth-order valence-corrected chi connectivity index (χ4v) is 4.16. The lowest BCUT2D eigenvalue weighted by Crippen LogP contribution is -2.59. The average molecular weight is 392 g/mol. The van der Waals surface area contributed by atoms with E-state index in [9.17, 15) is 32.7 Å². The summed E-state index contributed by atoms with van der Waals surface area (Å²) >= 11 is 0. The minimum atomic E-state index is -5.15. The molecule has 10 heteroatoms. The highest BCUT2D eigenvalue weighted by atomic mass is 19.4. The number of ether oxygens (including phenoxy) is 1. The molecule has 1 heterocycles. The summed E-state index contributed by atoms with van der Waals surface area (Å²) in [7, 11) is 0. The van der Waals surface area contributed by atoms with E-state index in [0.717, 1.165) is 17.7 Å². The topological polar surface area (TPSA) is 95.9 Å². The quantitative estimate of drug-likeness (QED) is 0.708. The Kier molecular flexibility index (Phi) is 4.69. The zero-order chi connectivity index (χ0) is 20.3. The number of alkyl halides is 3. The Morgan fingerprint density at radius 2 is 1.85 bits per heavy atom. The summed E-state index contributed by atoms with van der Waals surface area (Å²) in [6, 6.07) is -2.71.